The van der Waals surface area contributed by atoms with Gasteiger partial charge in [-0.15, -0.1) is 0 Å². The average Bonchev–Trinajstić information content (AvgIpc) is 2.42. The van der Waals surface area contributed by atoms with Crippen LogP contribution in [-0.2, 0) is 4.79 Å². The molecule has 0 heterocycles. The number of carboxylic acids is 1. The Morgan fingerprint density at radius 3 is 2.40 bits per heavy atom. The first-order valence-electron chi connectivity index (χ1n) is 7.83. The molecule has 0 rings (SSSR count). The monoisotopic (exact) mass is 286 g/mol. The third-order valence-corrected chi connectivity index (χ3v) is 3.45. The molecule has 0 aliphatic rings. The van der Waals surface area contributed by atoms with Gasteiger partial charge in [0.25, 0.3) is 0 Å². The molecule has 0 aromatic carbocycles. The topological polar surface area (TPSA) is 78.4 Å². The molecular formula is C15H30N2O3. The van der Waals surface area contributed by atoms with E-state index in [1.165, 1.54) is 19.3 Å². The second kappa shape index (κ2) is 12.8. The number of carboxylic acid groups (broad SMARTS) is 1. The predicted octanol–water partition coefficient (Wildman–Crippen LogP) is 3.15. The Kier molecular flexibility index (Phi) is 12.0. The molecule has 20 heavy (non-hydrogen) atoms. The van der Waals surface area contributed by atoms with Crippen LogP contribution >= 0.6 is 0 Å². The molecule has 0 aliphatic carbocycles. The van der Waals surface area contributed by atoms with Crippen molar-refractivity contribution in [2.75, 3.05) is 13.1 Å². The van der Waals surface area contributed by atoms with Crippen LogP contribution in [0.4, 0.5) is 4.79 Å². The van der Waals surface area contributed by atoms with Gasteiger partial charge in [-0.05, 0) is 25.2 Å². The highest BCUT2D eigenvalue weighted by molar-refractivity contribution is 5.73. The van der Waals surface area contributed by atoms with Crippen molar-refractivity contribution in [2.45, 2.75) is 65.2 Å². The van der Waals surface area contributed by atoms with Crippen LogP contribution < -0.4 is 10.6 Å². The van der Waals surface area contributed by atoms with Crippen molar-refractivity contribution in [3.8, 4) is 0 Å². The number of hydrogen-bond acceptors (Lipinski definition) is 2. The second-order valence-corrected chi connectivity index (χ2v) is 5.26. The smallest absolute Gasteiger partial charge is 0.314 e. The van der Waals surface area contributed by atoms with Gasteiger partial charge in [0.05, 0.1) is 0 Å². The summed E-state index contributed by atoms with van der Waals surface area (Å²) in [5, 5.41) is 14.2. The molecule has 0 saturated heterocycles. The van der Waals surface area contributed by atoms with Crippen LogP contribution in [0.25, 0.3) is 0 Å². The summed E-state index contributed by atoms with van der Waals surface area (Å²) >= 11 is 0. The summed E-state index contributed by atoms with van der Waals surface area (Å²) in [6.45, 7) is 5.68. The van der Waals surface area contributed by atoms with E-state index in [-0.39, 0.29) is 12.5 Å². The molecule has 2 amide bonds. The third-order valence-electron chi connectivity index (χ3n) is 3.45. The zero-order chi connectivity index (χ0) is 15.2. The highest BCUT2D eigenvalue weighted by atomic mass is 16.4. The Morgan fingerprint density at radius 1 is 1.05 bits per heavy atom. The number of rotatable bonds is 12. The van der Waals surface area contributed by atoms with Gasteiger partial charge in [0.15, 0.2) is 0 Å². The lowest BCUT2D eigenvalue weighted by Crippen LogP contribution is -2.38. The van der Waals surface area contributed by atoms with Crippen molar-refractivity contribution in [3.63, 3.8) is 0 Å². The Bertz CT molecular complexity index is 270. The predicted molar refractivity (Wildman–Crippen MR) is 80.8 cm³/mol. The SMILES string of the molecule is CCCCC(CC)CNC(=O)NCCCCCC(=O)O. The molecule has 5 heteroatoms. The van der Waals surface area contributed by atoms with E-state index in [9.17, 15) is 9.59 Å². The molecular weight excluding hydrogens is 256 g/mol. The van der Waals surface area contributed by atoms with Gasteiger partial charge in [-0.1, -0.05) is 39.5 Å². The molecule has 1 unspecified atom stereocenters. The van der Waals surface area contributed by atoms with Crippen LogP contribution in [0.15, 0.2) is 0 Å². The highest BCUT2D eigenvalue weighted by Gasteiger charge is 2.07. The molecule has 0 spiro atoms. The lowest BCUT2D eigenvalue weighted by Gasteiger charge is -2.15. The second-order valence-electron chi connectivity index (χ2n) is 5.26. The average molecular weight is 286 g/mol. The Balaban J connectivity index is 3.50. The number of carbonyl (C=O) groups excluding carboxylic acids is 1. The molecule has 0 aromatic heterocycles. The van der Waals surface area contributed by atoms with E-state index >= 15 is 0 Å². The first-order chi connectivity index (χ1) is 9.60. The maximum atomic E-state index is 11.6. The maximum Gasteiger partial charge on any atom is 0.314 e. The minimum absolute atomic E-state index is 0.113. The highest BCUT2D eigenvalue weighted by Crippen LogP contribution is 2.10. The van der Waals surface area contributed by atoms with E-state index in [0.29, 0.717) is 18.9 Å². The summed E-state index contributed by atoms with van der Waals surface area (Å²) in [6, 6.07) is -0.113. The van der Waals surface area contributed by atoms with Crippen LogP contribution in [-0.4, -0.2) is 30.2 Å². The molecule has 0 fully saturated rings. The fraction of sp³-hybridized carbons (Fsp3) is 0.867. The summed E-state index contributed by atoms with van der Waals surface area (Å²) in [5.74, 6) is -0.190. The van der Waals surface area contributed by atoms with E-state index in [0.717, 1.165) is 25.8 Å². The van der Waals surface area contributed by atoms with Crippen LogP contribution in [0.1, 0.15) is 65.2 Å². The van der Waals surface area contributed by atoms with Gasteiger partial charge in [0.2, 0.25) is 0 Å². The number of carbonyl (C=O) groups is 2. The van der Waals surface area contributed by atoms with Gasteiger partial charge in [0.1, 0.15) is 0 Å². The van der Waals surface area contributed by atoms with Gasteiger partial charge >= 0.3 is 12.0 Å². The first kappa shape index (κ1) is 18.7. The quantitative estimate of drug-likeness (QED) is 0.482. The van der Waals surface area contributed by atoms with Crippen molar-refractivity contribution in [2.24, 2.45) is 5.92 Å². The van der Waals surface area contributed by atoms with E-state index in [4.69, 9.17) is 5.11 Å². The molecule has 0 saturated carbocycles. The van der Waals surface area contributed by atoms with Crippen LogP contribution in [0.2, 0.25) is 0 Å². The normalized spacial score (nSPS) is 11.9. The van der Waals surface area contributed by atoms with Gasteiger partial charge in [0, 0.05) is 19.5 Å². The Hall–Kier alpha value is -1.26. The number of aliphatic carboxylic acids is 1. The van der Waals surface area contributed by atoms with Gasteiger partial charge in [-0.25, -0.2) is 4.79 Å². The van der Waals surface area contributed by atoms with Crippen molar-refractivity contribution in [3.05, 3.63) is 0 Å². The van der Waals surface area contributed by atoms with Crippen LogP contribution in [0.5, 0.6) is 0 Å². The van der Waals surface area contributed by atoms with Crippen LogP contribution in [0, 0.1) is 5.92 Å². The van der Waals surface area contributed by atoms with E-state index < -0.39 is 5.97 Å². The molecule has 0 bridgehead atoms. The lowest BCUT2D eigenvalue weighted by molar-refractivity contribution is -0.137. The first-order valence-corrected chi connectivity index (χ1v) is 7.83. The van der Waals surface area contributed by atoms with E-state index in [1.54, 1.807) is 0 Å². The summed E-state index contributed by atoms with van der Waals surface area (Å²) in [7, 11) is 0. The number of amides is 2. The minimum Gasteiger partial charge on any atom is -0.481 e. The number of nitrogens with one attached hydrogen (secondary N) is 2. The number of hydrogen-bond donors (Lipinski definition) is 3. The van der Waals surface area contributed by atoms with Crippen molar-refractivity contribution >= 4 is 12.0 Å². The molecule has 0 aromatic rings. The van der Waals surface area contributed by atoms with Gasteiger partial charge in [-0.2, -0.15) is 0 Å². The summed E-state index contributed by atoms with van der Waals surface area (Å²) in [4.78, 5) is 21.9. The molecule has 1 atom stereocenters. The van der Waals surface area contributed by atoms with Crippen molar-refractivity contribution in [1.29, 1.82) is 0 Å². The minimum atomic E-state index is -0.756. The Labute approximate surface area is 122 Å². The molecule has 3 N–H and O–H groups in total. The van der Waals surface area contributed by atoms with Crippen LogP contribution in [0.3, 0.4) is 0 Å². The number of urea groups is 1. The maximum absolute atomic E-state index is 11.6. The summed E-state index contributed by atoms with van der Waals surface area (Å²) in [5.41, 5.74) is 0. The standard InChI is InChI=1S/C15H30N2O3/c1-3-5-9-13(4-2)12-17-15(20)16-11-8-6-7-10-14(18)19/h13H,3-12H2,1-2H3,(H,18,19)(H2,16,17,20). The number of unbranched alkanes of at least 4 members (excludes halogenated alkanes) is 3. The lowest BCUT2D eigenvalue weighted by atomic mass is 9.99. The van der Waals surface area contributed by atoms with Gasteiger partial charge < -0.3 is 15.7 Å². The van der Waals surface area contributed by atoms with Gasteiger partial charge in [-0.3, -0.25) is 4.79 Å². The fourth-order valence-electron chi connectivity index (χ4n) is 2.02. The largest absolute Gasteiger partial charge is 0.481 e. The molecule has 0 radical (unpaired) electrons. The molecule has 0 aliphatic heterocycles. The summed E-state index contributed by atoms with van der Waals surface area (Å²) < 4.78 is 0. The van der Waals surface area contributed by atoms with Crippen molar-refractivity contribution in [1.82, 2.24) is 10.6 Å². The zero-order valence-electron chi connectivity index (χ0n) is 12.9. The summed E-state index contributed by atoms with van der Waals surface area (Å²) in [6.07, 6.45) is 7.21. The fourth-order valence-corrected chi connectivity index (χ4v) is 2.02. The Morgan fingerprint density at radius 2 is 1.80 bits per heavy atom. The van der Waals surface area contributed by atoms with E-state index in [1.807, 2.05) is 0 Å². The van der Waals surface area contributed by atoms with E-state index in [2.05, 4.69) is 24.5 Å². The van der Waals surface area contributed by atoms with Crippen molar-refractivity contribution < 1.29 is 14.7 Å². The molecule has 118 valence electrons. The molecule has 5 nitrogen and oxygen atoms in total. The zero-order valence-corrected chi connectivity index (χ0v) is 12.9. The third kappa shape index (κ3) is 11.8.